The number of rotatable bonds is 4. The molecule has 0 amide bonds. The van der Waals surface area contributed by atoms with Crippen LogP contribution in [0.5, 0.6) is 0 Å². The Bertz CT molecular complexity index is 587. The lowest BCUT2D eigenvalue weighted by Crippen LogP contribution is -2.21. The van der Waals surface area contributed by atoms with Gasteiger partial charge >= 0.3 is 0 Å². The molecule has 0 radical (unpaired) electrons. The van der Waals surface area contributed by atoms with Crippen molar-refractivity contribution in [2.75, 3.05) is 18.1 Å². The summed E-state index contributed by atoms with van der Waals surface area (Å²) in [7, 11) is -2.03. The molecule has 21 heavy (non-hydrogen) atoms. The largest absolute Gasteiger partial charge is 0.397 e. The summed E-state index contributed by atoms with van der Waals surface area (Å²) in [5.74, 6) is 0.769. The first-order valence-corrected chi connectivity index (χ1v) is 9.00. The second-order valence-electron chi connectivity index (χ2n) is 5.91. The van der Waals surface area contributed by atoms with E-state index in [9.17, 15) is 8.42 Å². The highest BCUT2D eigenvalue weighted by Crippen LogP contribution is 2.28. The zero-order valence-electron chi connectivity index (χ0n) is 12.7. The fourth-order valence-electron chi connectivity index (χ4n) is 2.80. The molecule has 2 rings (SSSR count). The highest BCUT2D eigenvalue weighted by Gasteiger charge is 2.18. The number of benzene rings is 1. The molecule has 6 heteroatoms. The zero-order valence-corrected chi connectivity index (χ0v) is 13.5. The number of nitrogens with one attached hydrogen (secondary N) is 2. The molecule has 2 unspecified atom stereocenters. The third kappa shape index (κ3) is 4.11. The number of sulfonamides is 1. The number of hydrogen-bond acceptors (Lipinski definition) is 4. The monoisotopic (exact) mass is 311 g/mol. The summed E-state index contributed by atoms with van der Waals surface area (Å²) in [5, 5.41) is 3.43. The molecule has 1 aliphatic rings. The molecule has 0 aliphatic heterocycles. The molecule has 1 aromatic carbocycles. The van der Waals surface area contributed by atoms with E-state index >= 15 is 0 Å². The molecule has 1 aliphatic carbocycles. The van der Waals surface area contributed by atoms with Crippen molar-refractivity contribution in [2.24, 2.45) is 5.92 Å². The molecule has 0 heterocycles. The first kappa shape index (κ1) is 16.1. The topological polar surface area (TPSA) is 84.2 Å². The van der Waals surface area contributed by atoms with Gasteiger partial charge < -0.3 is 11.1 Å². The van der Waals surface area contributed by atoms with Crippen LogP contribution in [0.25, 0.3) is 0 Å². The molecule has 4 N–H and O–H groups in total. The van der Waals surface area contributed by atoms with Crippen LogP contribution in [-0.4, -0.2) is 21.5 Å². The molecule has 1 fully saturated rings. The third-order valence-corrected chi connectivity index (χ3v) is 5.63. The molecule has 0 saturated heterocycles. The summed E-state index contributed by atoms with van der Waals surface area (Å²) >= 11 is 0. The van der Waals surface area contributed by atoms with Crippen LogP contribution in [-0.2, 0) is 10.0 Å². The van der Waals surface area contributed by atoms with Crippen molar-refractivity contribution in [1.29, 1.82) is 0 Å². The van der Waals surface area contributed by atoms with Gasteiger partial charge in [-0.1, -0.05) is 19.8 Å². The van der Waals surface area contributed by atoms with E-state index in [4.69, 9.17) is 5.73 Å². The second-order valence-corrected chi connectivity index (χ2v) is 7.80. The number of nitrogens with two attached hydrogens (primary N) is 1. The van der Waals surface area contributed by atoms with Gasteiger partial charge in [0.2, 0.25) is 10.0 Å². The van der Waals surface area contributed by atoms with Crippen LogP contribution >= 0.6 is 0 Å². The average Bonchev–Trinajstić information content (AvgIpc) is 2.66. The summed E-state index contributed by atoms with van der Waals surface area (Å²) in [6, 6.07) is 5.16. The third-order valence-electron chi connectivity index (χ3n) is 4.22. The van der Waals surface area contributed by atoms with E-state index in [1.165, 1.54) is 32.4 Å². The Labute approximate surface area is 127 Å². The lowest BCUT2D eigenvalue weighted by Gasteiger charge is -2.20. The lowest BCUT2D eigenvalue weighted by atomic mass is 10.0. The van der Waals surface area contributed by atoms with Crippen LogP contribution in [0.2, 0.25) is 0 Å². The Hall–Kier alpha value is -1.27. The number of anilines is 2. The van der Waals surface area contributed by atoms with Gasteiger partial charge in [0.05, 0.1) is 16.3 Å². The maximum absolute atomic E-state index is 11.9. The van der Waals surface area contributed by atoms with Crippen LogP contribution < -0.4 is 15.8 Å². The molecule has 5 nitrogen and oxygen atoms in total. The zero-order chi connectivity index (χ0) is 15.5. The molecule has 118 valence electrons. The van der Waals surface area contributed by atoms with E-state index < -0.39 is 10.0 Å². The molecule has 2 atom stereocenters. The van der Waals surface area contributed by atoms with Gasteiger partial charge in [-0.25, -0.2) is 13.1 Å². The first-order chi connectivity index (χ1) is 9.92. The van der Waals surface area contributed by atoms with Crippen molar-refractivity contribution in [2.45, 2.75) is 50.0 Å². The minimum absolute atomic E-state index is 0.240. The van der Waals surface area contributed by atoms with Crippen LogP contribution in [0, 0.1) is 5.92 Å². The summed E-state index contributed by atoms with van der Waals surface area (Å²) in [6.45, 7) is 2.29. The Kier molecular flexibility index (Phi) is 5.11. The predicted octanol–water partition coefficient (Wildman–Crippen LogP) is 2.56. The van der Waals surface area contributed by atoms with Gasteiger partial charge in [0.25, 0.3) is 0 Å². The molecule has 0 spiro atoms. The van der Waals surface area contributed by atoms with Crippen molar-refractivity contribution in [3.8, 4) is 0 Å². The molecule has 1 saturated carbocycles. The Balaban J connectivity index is 2.17. The molecular weight excluding hydrogens is 286 g/mol. The molecule has 1 aromatic rings. The highest BCUT2D eigenvalue weighted by molar-refractivity contribution is 7.89. The molecular formula is C15H25N3O2S. The van der Waals surface area contributed by atoms with Crippen molar-refractivity contribution in [3.63, 3.8) is 0 Å². The van der Waals surface area contributed by atoms with Crippen molar-refractivity contribution < 1.29 is 8.42 Å². The summed E-state index contributed by atoms with van der Waals surface area (Å²) in [6.07, 6.45) is 5.87. The van der Waals surface area contributed by atoms with E-state index in [-0.39, 0.29) is 4.90 Å². The van der Waals surface area contributed by atoms with Gasteiger partial charge in [-0.3, -0.25) is 0 Å². The number of nitrogen functional groups attached to an aromatic ring is 1. The van der Waals surface area contributed by atoms with Crippen LogP contribution in [0.3, 0.4) is 0 Å². The molecule has 0 aromatic heterocycles. The summed E-state index contributed by atoms with van der Waals surface area (Å²) in [4.78, 5) is 0.240. The Morgan fingerprint density at radius 1 is 1.19 bits per heavy atom. The van der Waals surface area contributed by atoms with Gasteiger partial charge in [0.15, 0.2) is 0 Å². The average molecular weight is 311 g/mol. The number of hydrogen-bond donors (Lipinski definition) is 3. The van der Waals surface area contributed by atoms with E-state index in [0.717, 1.165) is 18.8 Å². The maximum atomic E-state index is 11.9. The quantitative estimate of drug-likeness (QED) is 0.589. The first-order valence-electron chi connectivity index (χ1n) is 7.52. The predicted molar refractivity (Wildman–Crippen MR) is 86.8 cm³/mol. The Morgan fingerprint density at radius 2 is 1.95 bits per heavy atom. The maximum Gasteiger partial charge on any atom is 0.240 e. The van der Waals surface area contributed by atoms with E-state index in [2.05, 4.69) is 17.0 Å². The van der Waals surface area contributed by atoms with Crippen LogP contribution in [0.4, 0.5) is 11.4 Å². The van der Waals surface area contributed by atoms with Gasteiger partial charge in [0.1, 0.15) is 0 Å². The molecule has 0 bridgehead atoms. The van der Waals surface area contributed by atoms with Crippen molar-refractivity contribution in [3.05, 3.63) is 18.2 Å². The van der Waals surface area contributed by atoms with Gasteiger partial charge in [-0.15, -0.1) is 0 Å². The SMILES string of the molecule is CNS(=O)(=O)c1ccc(N)c(NC2CCCC(C)CC2)c1. The standard InChI is InChI=1S/C15H25N3O2S/c1-11-4-3-5-12(7-6-11)18-15-10-13(8-9-14(15)16)21(19,20)17-2/h8-12,17-18H,3-7,16H2,1-2H3. The highest BCUT2D eigenvalue weighted by atomic mass is 32.2. The lowest BCUT2D eigenvalue weighted by molar-refractivity contribution is 0.502. The van der Waals surface area contributed by atoms with Crippen LogP contribution in [0.1, 0.15) is 39.0 Å². The summed E-state index contributed by atoms with van der Waals surface area (Å²) in [5.41, 5.74) is 7.28. The fraction of sp³-hybridized carbons (Fsp3) is 0.600. The van der Waals surface area contributed by atoms with Gasteiger partial charge in [-0.2, -0.15) is 0 Å². The summed E-state index contributed by atoms with van der Waals surface area (Å²) < 4.78 is 26.1. The fourth-order valence-corrected chi connectivity index (χ4v) is 3.55. The van der Waals surface area contributed by atoms with Crippen molar-refractivity contribution in [1.82, 2.24) is 4.72 Å². The van der Waals surface area contributed by atoms with E-state index in [0.29, 0.717) is 17.4 Å². The van der Waals surface area contributed by atoms with Crippen LogP contribution in [0.15, 0.2) is 23.1 Å². The minimum Gasteiger partial charge on any atom is -0.397 e. The van der Waals surface area contributed by atoms with Gasteiger partial charge in [0, 0.05) is 6.04 Å². The van der Waals surface area contributed by atoms with E-state index in [1.54, 1.807) is 12.1 Å². The normalized spacial score (nSPS) is 23.5. The van der Waals surface area contributed by atoms with E-state index in [1.807, 2.05) is 0 Å². The van der Waals surface area contributed by atoms with Gasteiger partial charge in [-0.05, 0) is 50.4 Å². The smallest absolute Gasteiger partial charge is 0.240 e. The minimum atomic E-state index is -3.44. The Morgan fingerprint density at radius 3 is 2.67 bits per heavy atom. The second kappa shape index (κ2) is 6.66. The van der Waals surface area contributed by atoms with Crippen molar-refractivity contribution >= 4 is 21.4 Å².